The molecule has 9 nitrogen and oxygen atoms in total. The Labute approximate surface area is 123 Å². The fourth-order valence-electron chi connectivity index (χ4n) is 1.96. The summed E-state index contributed by atoms with van der Waals surface area (Å²) in [5.74, 6) is 5.66. The first-order chi connectivity index (χ1) is 9.86. The first kappa shape index (κ1) is 15.8. The Morgan fingerprint density at radius 3 is 2.48 bits per heavy atom. The number of rotatable bonds is 4. The average molecular weight is 334 g/mol. The number of nitrogens with one attached hydrogen (secondary N) is 1. The van der Waals surface area contributed by atoms with Crippen LogP contribution in [0.2, 0.25) is 0 Å². The first-order valence-electron chi connectivity index (χ1n) is 5.96. The molecule has 21 heavy (non-hydrogen) atoms. The van der Waals surface area contributed by atoms with Gasteiger partial charge in [-0.15, -0.1) is 0 Å². The molecule has 0 spiro atoms. The molecule has 0 bridgehead atoms. The van der Waals surface area contributed by atoms with E-state index in [0.29, 0.717) is 0 Å². The van der Waals surface area contributed by atoms with Crippen LogP contribution in [-0.2, 0) is 20.8 Å². The third-order valence-electron chi connectivity index (χ3n) is 3.08. The molecule has 1 aromatic rings. The molecule has 1 fully saturated rings. The summed E-state index contributed by atoms with van der Waals surface area (Å²) < 4.78 is 37.5. The Balaban J connectivity index is 2.47. The molecule has 0 atom stereocenters. The van der Waals surface area contributed by atoms with Gasteiger partial charge in [0.15, 0.2) is 4.90 Å². The molecule has 116 valence electrons. The van der Waals surface area contributed by atoms with Gasteiger partial charge >= 0.3 is 0 Å². The number of benzene rings is 1. The van der Waals surface area contributed by atoms with Crippen LogP contribution >= 0.6 is 0 Å². The molecule has 1 aliphatic heterocycles. The zero-order valence-corrected chi connectivity index (χ0v) is 12.5. The number of nitro benzene ring substituents is 1. The molecule has 0 amide bonds. The average Bonchev–Trinajstić information content (AvgIpc) is 2.47. The lowest BCUT2D eigenvalue weighted by molar-refractivity contribution is -0.387. The van der Waals surface area contributed by atoms with Crippen LogP contribution in [0.25, 0.3) is 0 Å². The lowest BCUT2D eigenvalue weighted by Gasteiger charge is -2.25. The largest absolute Gasteiger partial charge is 0.324 e. The highest BCUT2D eigenvalue weighted by atomic mass is 32.2. The quantitative estimate of drug-likeness (QED) is 0.435. The zero-order chi connectivity index (χ0) is 15.6. The van der Waals surface area contributed by atoms with Crippen LogP contribution in [0.1, 0.15) is 0 Å². The highest BCUT2D eigenvalue weighted by molar-refractivity contribution is 7.89. The molecule has 3 N–H and O–H groups in total. The van der Waals surface area contributed by atoms with Crippen molar-refractivity contribution >= 4 is 32.2 Å². The number of sulfonamides is 1. The number of hydrogen-bond acceptors (Lipinski definition) is 7. The molecule has 0 radical (unpaired) electrons. The Morgan fingerprint density at radius 2 is 1.95 bits per heavy atom. The van der Waals surface area contributed by atoms with Crippen LogP contribution in [0.15, 0.2) is 23.1 Å². The molecule has 0 unspecified atom stereocenters. The van der Waals surface area contributed by atoms with Crippen molar-refractivity contribution < 1.29 is 17.6 Å². The number of hydrazine groups is 1. The number of nitrogen functional groups attached to an aromatic ring is 1. The fraction of sp³-hybridized carbons (Fsp3) is 0.400. The van der Waals surface area contributed by atoms with Crippen molar-refractivity contribution in [2.45, 2.75) is 4.90 Å². The predicted octanol–water partition coefficient (Wildman–Crippen LogP) is -0.367. The number of nitrogens with two attached hydrogens (primary N) is 1. The van der Waals surface area contributed by atoms with E-state index in [2.05, 4.69) is 5.43 Å². The Kier molecular flexibility index (Phi) is 4.56. The normalized spacial score (nSPS) is 17.6. The maximum Gasteiger partial charge on any atom is 0.289 e. The van der Waals surface area contributed by atoms with Crippen LogP contribution in [-0.4, -0.2) is 46.5 Å². The SMILES string of the molecule is NNc1ccc([N+](=O)[O-])c(S(=O)(=O)N2CCS(=O)CC2)c1. The third-order valence-corrected chi connectivity index (χ3v) is 6.28. The van der Waals surface area contributed by atoms with Gasteiger partial charge in [0.25, 0.3) is 5.69 Å². The first-order valence-corrected chi connectivity index (χ1v) is 8.89. The Morgan fingerprint density at radius 1 is 1.33 bits per heavy atom. The van der Waals surface area contributed by atoms with Crippen LogP contribution in [0.5, 0.6) is 0 Å². The van der Waals surface area contributed by atoms with E-state index in [1.54, 1.807) is 0 Å². The van der Waals surface area contributed by atoms with Gasteiger partial charge in [-0.3, -0.25) is 20.2 Å². The molecule has 11 heteroatoms. The van der Waals surface area contributed by atoms with Gasteiger partial charge in [-0.25, -0.2) is 8.42 Å². The van der Waals surface area contributed by atoms with Gasteiger partial charge in [0.05, 0.1) is 10.6 Å². The topological polar surface area (TPSA) is 136 Å². The second kappa shape index (κ2) is 6.05. The summed E-state index contributed by atoms with van der Waals surface area (Å²) in [7, 11) is -5.08. The van der Waals surface area contributed by atoms with Gasteiger partial charge in [0.2, 0.25) is 10.0 Å². The number of nitro groups is 1. The lowest BCUT2D eigenvalue weighted by Crippen LogP contribution is -2.41. The van der Waals surface area contributed by atoms with Gasteiger partial charge in [0.1, 0.15) is 0 Å². The van der Waals surface area contributed by atoms with Gasteiger partial charge in [-0.2, -0.15) is 4.31 Å². The van der Waals surface area contributed by atoms with E-state index < -0.39 is 36.3 Å². The molecule has 1 saturated heterocycles. The minimum Gasteiger partial charge on any atom is -0.324 e. The summed E-state index contributed by atoms with van der Waals surface area (Å²) in [5, 5.41) is 11.0. The van der Waals surface area contributed by atoms with E-state index in [9.17, 15) is 22.7 Å². The minimum absolute atomic E-state index is 0.0758. The monoisotopic (exact) mass is 334 g/mol. The molecule has 1 aliphatic rings. The van der Waals surface area contributed by atoms with Gasteiger partial charge < -0.3 is 5.43 Å². The second-order valence-electron chi connectivity index (χ2n) is 4.34. The zero-order valence-electron chi connectivity index (χ0n) is 10.9. The standard InChI is InChI=1S/C10H14N4O5S2/c11-12-8-1-2-9(14(15)16)10(7-8)21(18,19)13-3-5-20(17)6-4-13/h1-2,7,12H,3-6,11H2. The van der Waals surface area contributed by atoms with Crippen LogP contribution in [0.4, 0.5) is 11.4 Å². The predicted molar refractivity (Wildman–Crippen MR) is 77.5 cm³/mol. The minimum atomic E-state index is -4.03. The fourth-order valence-corrected chi connectivity index (χ4v) is 4.87. The van der Waals surface area contributed by atoms with Crippen LogP contribution < -0.4 is 11.3 Å². The van der Waals surface area contributed by atoms with Crippen molar-refractivity contribution in [2.75, 3.05) is 30.0 Å². The Hall–Kier alpha value is -1.56. The van der Waals surface area contributed by atoms with Crippen molar-refractivity contribution in [3.8, 4) is 0 Å². The van der Waals surface area contributed by atoms with Gasteiger partial charge in [-0.05, 0) is 12.1 Å². The van der Waals surface area contributed by atoms with Gasteiger partial charge in [-0.1, -0.05) is 0 Å². The van der Waals surface area contributed by atoms with Crippen LogP contribution in [0, 0.1) is 10.1 Å². The number of hydrogen-bond donors (Lipinski definition) is 2. The molecule has 0 saturated carbocycles. The summed E-state index contributed by atoms with van der Waals surface area (Å²) in [6.07, 6.45) is 0. The van der Waals surface area contributed by atoms with E-state index in [4.69, 9.17) is 5.84 Å². The maximum absolute atomic E-state index is 12.5. The number of anilines is 1. The van der Waals surface area contributed by atoms with Crippen molar-refractivity contribution in [2.24, 2.45) is 5.84 Å². The second-order valence-corrected chi connectivity index (χ2v) is 7.94. The van der Waals surface area contributed by atoms with E-state index in [1.165, 1.54) is 6.07 Å². The lowest BCUT2D eigenvalue weighted by atomic mass is 10.3. The third kappa shape index (κ3) is 3.20. The van der Waals surface area contributed by atoms with E-state index in [-0.39, 0.29) is 30.3 Å². The van der Waals surface area contributed by atoms with Crippen molar-refractivity contribution in [1.29, 1.82) is 0 Å². The summed E-state index contributed by atoms with van der Waals surface area (Å²) in [6, 6.07) is 3.53. The molecular weight excluding hydrogens is 320 g/mol. The van der Waals surface area contributed by atoms with Crippen molar-refractivity contribution in [1.82, 2.24) is 4.31 Å². The summed E-state index contributed by atoms with van der Waals surface area (Å²) in [4.78, 5) is 9.85. The van der Waals surface area contributed by atoms with E-state index in [0.717, 1.165) is 16.4 Å². The molecule has 1 aromatic carbocycles. The summed E-state index contributed by atoms with van der Waals surface area (Å²) in [5.41, 5.74) is 2.00. The molecule has 0 aromatic heterocycles. The highest BCUT2D eigenvalue weighted by Crippen LogP contribution is 2.29. The van der Waals surface area contributed by atoms with Crippen molar-refractivity contribution in [3.63, 3.8) is 0 Å². The van der Waals surface area contributed by atoms with Crippen LogP contribution in [0.3, 0.4) is 0 Å². The molecular formula is C10H14N4O5S2. The maximum atomic E-state index is 12.5. The molecule has 1 heterocycles. The molecule has 2 rings (SSSR count). The smallest absolute Gasteiger partial charge is 0.289 e. The Bertz CT molecular complexity index is 681. The van der Waals surface area contributed by atoms with E-state index >= 15 is 0 Å². The van der Waals surface area contributed by atoms with Gasteiger partial charge in [0, 0.05) is 41.5 Å². The molecule has 0 aliphatic carbocycles. The van der Waals surface area contributed by atoms with Crippen molar-refractivity contribution in [3.05, 3.63) is 28.3 Å². The number of nitrogens with zero attached hydrogens (tertiary/aromatic N) is 2. The highest BCUT2D eigenvalue weighted by Gasteiger charge is 2.33. The summed E-state index contributed by atoms with van der Waals surface area (Å²) in [6.45, 7) is 0.152. The van der Waals surface area contributed by atoms with E-state index in [1.807, 2.05) is 0 Å². The summed E-state index contributed by atoms with van der Waals surface area (Å²) >= 11 is 0.